The van der Waals surface area contributed by atoms with Gasteiger partial charge in [-0.2, -0.15) is 0 Å². The summed E-state index contributed by atoms with van der Waals surface area (Å²) in [6, 6.07) is 7.45. The molecule has 0 aliphatic carbocycles. The summed E-state index contributed by atoms with van der Waals surface area (Å²) in [6.07, 6.45) is 0. The summed E-state index contributed by atoms with van der Waals surface area (Å²) >= 11 is 18.9. The summed E-state index contributed by atoms with van der Waals surface area (Å²) in [5.41, 5.74) is 0.855. The lowest BCUT2D eigenvalue weighted by Gasteiger charge is -1.97. The molecular weight excluding hydrogens is 261 g/mol. The van der Waals surface area contributed by atoms with Crippen LogP contribution < -0.4 is 0 Å². The average molecular weight is 265 g/mol. The minimum Gasteiger partial charge on any atom is -0.223 e. The molecule has 0 N–H and O–H groups in total. The first-order chi connectivity index (χ1) is 6.68. The first-order valence-corrected chi connectivity index (χ1v) is 5.70. The van der Waals surface area contributed by atoms with E-state index in [0.29, 0.717) is 14.5 Å². The number of hydrogen-bond acceptors (Lipinski definition) is 2. The van der Waals surface area contributed by atoms with Crippen molar-refractivity contribution in [3.63, 3.8) is 0 Å². The van der Waals surface area contributed by atoms with Crippen molar-refractivity contribution in [3.8, 4) is 10.6 Å². The van der Waals surface area contributed by atoms with Crippen LogP contribution in [0.25, 0.3) is 10.6 Å². The third kappa shape index (κ3) is 1.89. The van der Waals surface area contributed by atoms with Gasteiger partial charge in [-0.05, 0) is 6.07 Å². The number of nitrogens with zero attached hydrogens (tertiary/aromatic N) is 1. The van der Waals surface area contributed by atoms with Gasteiger partial charge < -0.3 is 0 Å². The molecule has 0 saturated heterocycles. The molecule has 72 valence electrons. The van der Waals surface area contributed by atoms with E-state index in [4.69, 9.17) is 34.8 Å². The second-order valence-electron chi connectivity index (χ2n) is 2.56. The van der Waals surface area contributed by atoms with Gasteiger partial charge in [-0.1, -0.05) is 53.0 Å². The Labute approximate surface area is 100 Å². The molecule has 1 aromatic heterocycles. The van der Waals surface area contributed by atoms with Crippen molar-refractivity contribution in [2.24, 2.45) is 0 Å². The van der Waals surface area contributed by atoms with E-state index in [-0.39, 0.29) is 0 Å². The smallest absolute Gasteiger partial charge is 0.159 e. The Morgan fingerprint density at radius 2 is 1.79 bits per heavy atom. The molecule has 1 heterocycles. The highest BCUT2D eigenvalue weighted by molar-refractivity contribution is 7.19. The van der Waals surface area contributed by atoms with Crippen LogP contribution in [0.1, 0.15) is 0 Å². The van der Waals surface area contributed by atoms with Crippen LogP contribution in [0.15, 0.2) is 24.3 Å². The standard InChI is InChI=1S/C9H4Cl3NS/c10-6-4-2-1-3-5(6)9-13-7(11)8(12)14-9/h1-4H. The minimum atomic E-state index is 0.326. The van der Waals surface area contributed by atoms with Crippen molar-refractivity contribution in [2.75, 3.05) is 0 Å². The van der Waals surface area contributed by atoms with Gasteiger partial charge in [0.2, 0.25) is 0 Å². The normalized spacial score (nSPS) is 10.5. The third-order valence-electron chi connectivity index (χ3n) is 1.65. The van der Waals surface area contributed by atoms with E-state index in [2.05, 4.69) is 4.98 Å². The zero-order valence-electron chi connectivity index (χ0n) is 6.80. The molecule has 0 saturated carbocycles. The van der Waals surface area contributed by atoms with Crippen LogP contribution in [0.5, 0.6) is 0 Å². The Kier molecular flexibility index (Phi) is 2.98. The first-order valence-electron chi connectivity index (χ1n) is 3.75. The maximum atomic E-state index is 6.00. The van der Waals surface area contributed by atoms with E-state index in [9.17, 15) is 0 Å². The van der Waals surface area contributed by atoms with Crippen molar-refractivity contribution in [2.45, 2.75) is 0 Å². The molecule has 5 heteroatoms. The van der Waals surface area contributed by atoms with Gasteiger partial charge in [-0.15, -0.1) is 11.3 Å². The molecule has 0 amide bonds. The second kappa shape index (κ2) is 4.07. The molecule has 14 heavy (non-hydrogen) atoms. The molecule has 0 unspecified atom stereocenters. The second-order valence-corrected chi connectivity index (χ2v) is 4.93. The molecule has 0 radical (unpaired) electrons. The fraction of sp³-hybridized carbons (Fsp3) is 0. The van der Waals surface area contributed by atoms with Gasteiger partial charge >= 0.3 is 0 Å². The molecule has 0 aliphatic rings. The molecule has 2 rings (SSSR count). The van der Waals surface area contributed by atoms with Gasteiger partial charge in [0.05, 0.1) is 5.02 Å². The Bertz CT molecular complexity index is 447. The lowest BCUT2D eigenvalue weighted by molar-refractivity contribution is 1.41. The predicted molar refractivity (Wildman–Crippen MR) is 62.6 cm³/mol. The minimum absolute atomic E-state index is 0.326. The molecule has 2 aromatic rings. The number of aromatic nitrogens is 1. The topological polar surface area (TPSA) is 12.9 Å². The van der Waals surface area contributed by atoms with E-state index >= 15 is 0 Å². The van der Waals surface area contributed by atoms with Gasteiger partial charge in [0.1, 0.15) is 9.34 Å². The maximum absolute atomic E-state index is 6.00. The highest BCUT2D eigenvalue weighted by Crippen LogP contribution is 2.36. The fourth-order valence-electron chi connectivity index (χ4n) is 1.03. The van der Waals surface area contributed by atoms with Crippen molar-refractivity contribution < 1.29 is 0 Å². The number of thiazole rings is 1. The van der Waals surface area contributed by atoms with Crippen LogP contribution in [0.3, 0.4) is 0 Å². The zero-order chi connectivity index (χ0) is 10.1. The molecule has 0 fully saturated rings. The van der Waals surface area contributed by atoms with Crippen LogP contribution in [-0.4, -0.2) is 4.98 Å². The molecule has 1 aromatic carbocycles. The predicted octanol–water partition coefficient (Wildman–Crippen LogP) is 4.77. The molecule has 0 aliphatic heterocycles. The summed E-state index contributed by atoms with van der Waals surface area (Å²) in [5, 5.41) is 1.71. The van der Waals surface area contributed by atoms with Crippen LogP contribution in [0, 0.1) is 0 Å². The van der Waals surface area contributed by atoms with Crippen molar-refractivity contribution >= 4 is 46.1 Å². The van der Waals surface area contributed by atoms with Crippen LogP contribution >= 0.6 is 46.1 Å². The maximum Gasteiger partial charge on any atom is 0.159 e. The van der Waals surface area contributed by atoms with Crippen molar-refractivity contribution in [1.82, 2.24) is 4.98 Å². The van der Waals surface area contributed by atoms with E-state index in [1.165, 1.54) is 11.3 Å². The van der Waals surface area contributed by atoms with Gasteiger partial charge in [0, 0.05) is 5.56 Å². The van der Waals surface area contributed by atoms with Crippen molar-refractivity contribution in [3.05, 3.63) is 38.8 Å². The van der Waals surface area contributed by atoms with E-state index in [1.807, 2.05) is 18.2 Å². The Balaban J connectivity index is 2.55. The largest absolute Gasteiger partial charge is 0.223 e. The van der Waals surface area contributed by atoms with E-state index < -0.39 is 0 Å². The van der Waals surface area contributed by atoms with Crippen LogP contribution in [-0.2, 0) is 0 Å². The lowest BCUT2D eigenvalue weighted by Crippen LogP contribution is -1.76. The SMILES string of the molecule is Clc1ccccc1-c1nc(Cl)c(Cl)s1. The van der Waals surface area contributed by atoms with Gasteiger partial charge in [0.25, 0.3) is 0 Å². The zero-order valence-corrected chi connectivity index (χ0v) is 9.88. The average Bonchev–Trinajstić information content (AvgIpc) is 2.48. The quantitative estimate of drug-likeness (QED) is 0.723. The number of rotatable bonds is 1. The monoisotopic (exact) mass is 263 g/mol. The Morgan fingerprint density at radius 1 is 1.07 bits per heavy atom. The molecular formula is C9H4Cl3NS. The fourth-order valence-corrected chi connectivity index (χ4v) is 2.55. The van der Waals surface area contributed by atoms with Gasteiger partial charge in [-0.25, -0.2) is 4.98 Å². The molecule has 0 spiro atoms. The van der Waals surface area contributed by atoms with Gasteiger partial charge in [0.15, 0.2) is 5.15 Å². The Morgan fingerprint density at radius 3 is 2.36 bits per heavy atom. The Hall–Kier alpha value is -0.280. The first kappa shape index (κ1) is 10.2. The number of benzene rings is 1. The van der Waals surface area contributed by atoms with Crippen LogP contribution in [0.2, 0.25) is 14.5 Å². The van der Waals surface area contributed by atoms with E-state index in [1.54, 1.807) is 6.07 Å². The van der Waals surface area contributed by atoms with Gasteiger partial charge in [-0.3, -0.25) is 0 Å². The third-order valence-corrected chi connectivity index (χ3v) is 3.75. The summed E-state index contributed by atoms with van der Waals surface area (Å²) < 4.78 is 0.488. The van der Waals surface area contributed by atoms with E-state index in [0.717, 1.165) is 10.6 Å². The van der Waals surface area contributed by atoms with Crippen LogP contribution in [0.4, 0.5) is 0 Å². The summed E-state index contributed by atoms with van der Waals surface area (Å²) in [7, 11) is 0. The summed E-state index contributed by atoms with van der Waals surface area (Å²) in [4.78, 5) is 4.11. The highest BCUT2D eigenvalue weighted by Gasteiger charge is 2.10. The molecule has 0 atom stereocenters. The molecule has 0 bridgehead atoms. The summed E-state index contributed by atoms with van der Waals surface area (Å²) in [5.74, 6) is 0. The highest BCUT2D eigenvalue weighted by atomic mass is 35.5. The summed E-state index contributed by atoms with van der Waals surface area (Å²) in [6.45, 7) is 0. The number of hydrogen-bond donors (Lipinski definition) is 0. The van der Waals surface area contributed by atoms with Crippen molar-refractivity contribution in [1.29, 1.82) is 0 Å². The molecule has 1 nitrogen and oxygen atoms in total. The number of halogens is 3. The lowest BCUT2D eigenvalue weighted by atomic mass is 10.2.